The molecule has 0 spiro atoms. The van der Waals surface area contributed by atoms with Gasteiger partial charge in [-0.1, -0.05) is 0 Å². The topological polar surface area (TPSA) is 80.3 Å². The van der Waals surface area contributed by atoms with Crippen molar-refractivity contribution < 1.29 is 39.3 Å². The zero-order valence-electron chi connectivity index (χ0n) is 5.42. The Bertz CT molecular complexity index is 172. The Morgan fingerprint density at radius 1 is 1.30 bits per heavy atom. The van der Waals surface area contributed by atoms with E-state index in [1.807, 2.05) is 0 Å². The Hall–Kier alpha value is -0.697. The Morgan fingerprint density at radius 2 is 1.70 bits per heavy atom. The molecule has 0 heterocycles. The van der Waals surface area contributed by atoms with E-state index in [4.69, 9.17) is 0 Å². The molecule has 0 bridgehead atoms. The first kappa shape index (κ1) is 12.0. The molecule has 0 aromatic rings. The van der Waals surface area contributed by atoms with Gasteiger partial charge in [0.05, 0.1) is 11.9 Å². The van der Waals surface area contributed by atoms with E-state index in [9.17, 15) is 19.8 Å². The van der Waals surface area contributed by atoms with E-state index < -0.39 is 11.9 Å². The third-order valence-electron chi connectivity index (χ3n) is 0.656. The molecule has 0 unspecified atom stereocenters. The predicted molar refractivity (Wildman–Crippen MR) is 23.8 cm³/mol. The second-order valence-electron chi connectivity index (χ2n) is 1.43. The zero-order valence-corrected chi connectivity index (χ0v) is 8.38. The maximum absolute atomic E-state index is 9.76. The van der Waals surface area contributed by atoms with E-state index in [-0.39, 0.29) is 25.1 Å². The van der Waals surface area contributed by atoms with Crippen molar-refractivity contribution in [3.05, 3.63) is 11.6 Å². The van der Waals surface area contributed by atoms with Crippen LogP contribution in [0.3, 0.4) is 0 Å². The van der Waals surface area contributed by atoms with Crippen LogP contribution in [0.5, 0.6) is 0 Å². The fourth-order valence-corrected chi connectivity index (χ4v) is 0.236. The molecule has 5 heteroatoms. The number of aliphatic carboxylic acids is 2. The molecule has 0 saturated heterocycles. The van der Waals surface area contributed by atoms with Crippen LogP contribution in [0.25, 0.3) is 0 Å². The van der Waals surface area contributed by atoms with Gasteiger partial charge in [0.1, 0.15) is 0 Å². The summed E-state index contributed by atoms with van der Waals surface area (Å²) in [6.45, 7) is 1.12. The second-order valence-corrected chi connectivity index (χ2v) is 1.43. The average molecular weight is 193 g/mol. The predicted octanol–water partition coefficient (Wildman–Crippen LogP) is -2.57. The minimum Gasteiger partial charge on any atom is -0.545 e. The normalized spacial score (nSPS) is 9.90. The van der Waals surface area contributed by atoms with Crippen molar-refractivity contribution >= 4 is 11.9 Å². The van der Waals surface area contributed by atoms with E-state index >= 15 is 0 Å². The fourth-order valence-electron chi connectivity index (χ4n) is 0.236. The number of carbonyl (C=O) groups excluding carboxylic acids is 2. The Morgan fingerprint density at radius 3 is 1.80 bits per heavy atom. The van der Waals surface area contributed by atoms with Crippen LogP contribution in [0.4, 0.5) is 0 Å². The molecule has 4 nitrogen and oxygen atoms in total. The van der Waals surface area contributed by atoms with Gasteiger partial charge >= 0.3 is 19.5 Å². The largest absolute Gasteiger partial charge is 2.00 e. The van der Waals surface area contributed by atoms with Crippen LogP contribution in [-0.4, -0.2) is 11.9 Å². The molecule has 0 radical (unpaired) electrons. The zero-order chi connectivity index (χ0) is 7.44. The summed E-state index contributed by atoms with van der Waals surface area (Å²) < 4.78 is 0. The smallest absolute Gasteiger partial charge is 0.545 e. The molecular formula is C5H4O4Zn. The molecule has 0 fully saturated rings. The third kappa shape index (κ3) is 5.44. The molecule has 0 atom stereocenters. The van der Waals surface area contributed by atoms with Crippen LogP contribution in [0.15, 0.2) is 11.6 Å². The van der Waals surface area contributed by atoms with Gasteiger partial charge in [-0.15, -0.1) is 0 Å². The van der Waals surface area contributed by atoms with E-state index in [1.54, 1.807) is 0 Å². The van der Waals surface area contributed by atoms with Crippen molar-refractivity contribution in [1.82, 2.24) is 0 Å². The van der Waals surface area contributed by atoms with Crippen molar-refractivity contribution in [3.63, 3.8) is 0 Å². The minimum atomic E-state index is -1.53. The summed E-state index contributed by atoms with van der Waals surface area (Å²) in [6, 6.07) is 0. The Balaban J connectivity index is 0. The molecule has 0 aliphatic carbocycles. The number of carboxylic acid groups (broad SMARTS) is 2. The first-order valence-corrected chi connectivity index (χ1v) is 2.14. The van der Waals surface area contributed by atoms with Crippen LogP contribution in [0.1, 0.15) is 6.92 Å². The number of hydrogen-bond donors (Lipinski definition) is 0. The monoisotopic (exact) mass is 192 g/mol. The van der Waals surface area contributed by atoms with Gasteiger partial charge < -0.3 is 19.8 Å². The van der Waals surface area contributed by atoms with Gasteiger partial charge in [0.2, 0.25) is 0 Å². The van der Waals surface area contributed by atoms with Gasteiger partial charge in [0.15, 0.2) is 0 Å². The van der Waals surface area contributed by atoms with Crippen LogP contribution >= 0.6 is 0 Å². The van der Waals surface area contributed by atoms with Crippen molar-refractivity contribution in [3.8, 4) is 0 Å². The van der Waals surface area contributed by atoms with E-state index in [0.717, 1.165) is 6.92 Å². The molecular weight excluding hydrogens is 189 g/mol. The summed E-state index contributed by atoms with van der Waals surface area (Å²) in [5.41, 5.74) is -0.352. The first-order chi connectivity index (χ1) is 4.04. The van der Waals surface area contributed by atoms with Gasteiger partial charge in [-0.3, -0.25) is 0 Å². The van der Waals surface area contributed by atoms with Gasteiger partial charge in [0, 0.05) is 0 Å². The van der Waals surface area contributed by atoms with Gasteiger partial charge in [0.25, 0.3) is 0 Å². The molecule has 0 N–H and O–H groups in total. The Kier molecular flexibility index (Phi) is 6.15. The minimum absolute atomic E-state index is 0. The van der Waals surface area contributed by atoms with Crippen molar-refractivity contribution in [2.75, 3.05) is 0 Å². The summed E-state index contributed by atoms with van der Waals surface area (Å²) in [7, 11) is 0. The fraction of sp³-hybridized carbons (Fsp3) is 0.200. The summed E-state index contributed by atoms with van der Waals surface area (Å²) in [5.74, 6) is -3.03. The molecule has 0 aromatic carbocycles. The first-order valence-electron chi connectivity index (χ1n) is 2.14. The summed E-state index contributed by atoms with van der Waals surface area (Å²) in [4.78, 5) is 19.4. The number of carbonyl (C=O) groups is 2. The van der Waals surface area contributed by atoms with Crippen LogP contribution in [0, 0.1) is 0 Å². The molecule has 0 amide bonds. The van der Waals surface area contributed by atoms with Crippen LogP contribution in [-0.2, 0) is 29.1 Å². The summed E-state index contributed by atoms with van der Waals surface area (Å²) in [5, 5.41) is 19.4. The second kappa shape index (κ2) is 5.12. The molecule has 0 saturated carbocycles. The van der Waals surface area contributed by atoms with Gasteiger partial charge in [-0.25, -0.2) is 0 Å². The van der Waals surface area contributed by atoms with Crippen LogP contribution < -0.4 is 10.2 Å². The van der Waals surface area contributed by atoms with Crippen molar-refractivity contribution in [2.24, 2.45) is 0 Å². The SMILES string of the molecule is C/C(=C\C(=O)[O-])C(=O)[O-].[Zn+2]. The average Bonchev–Trinajstić information content (AvgIpc) is 1.63. The summed E-state index contributed by atoms with van der Waals surface area (Å²) >= 11 is 0. The Labute approximate surface area is 70.3 Å². The summed E-state index contributed by atoms with van der Waals surface area (Å²) in [6.07, 6.45) is 0.468. The van der Waals surface area contributed by atoms with E-state index in [2.05, 4.69) is 0 Å². The molecule has 10 heavy (non-hydrogen) atoms. The standard InChI is InChI=1S/C5H6O4.Zn/c1-3(5(8)9)2-4(6)7;/h2H,1H3,(H,6,7)(H,8,9);/q;+2/p-2/b3-2+;. The molecule has 0 aliphatic heterocycles. The maximum Gasteiger partial charge on any atom is 2.00 e. The quantitative estimate of drug-likeness (QED) is 0.357. The number of hydrogen-bond acceptors (Lipinski definition) is 4. The number of rotatable bonds is 2. The van der Waals surface area contributed by atoms with Crippen LogP contribution in [0.2, 0.25) is 0 Å². The van der Waals surface area contributed by atoms with E-state index in [0.29, 0.717) is 6.08 Å². The molecule has 0 aliphatic rings. The van der Waals surface area contributed by atoms with Crippen molar-refractivity contribution in [2.45, 2.75) is 6.92 Å². The van der Waals surface area contributed by atoms with E-state index in [1.165, 1.54) is 0 Å². The van der Waals surface area contributed by atoms with Crippen molar-refractivity contribution in [1.29, 1.82) is 0 Å². The van der Waals surface area contributed by atoms with Gasteiger partial charge in [-0.05, 0) is 18.6 Å². The van der Waals surface area contributed by atoms with Gasteiger partial charge in [-0.2, -0.15) is 0 Å². The molecule has 0 aromatic heterocycles. The third-order valence-corrected chi connectivity index (χ3v) is 0.656. The molecule has 50 valence electrons. The maximum atomic E-state index is 9.76. The number of carboxylic acids is 2. The molecule has 0 rings (SSSR count).